The summed E-state index contributed by atoms with van der Waals surface area (Å²) in [7, 11) is 0. The first kappa shape index (κ1) is 15.6. The van der Waals surface area contributed by atoms with E-state index in [0.717, 1.165) is 11.3 Å². The van der Waals surface area contributed by atoms with Gasteiger partial charge in [-0.05, 0) is 61.4 Å². The van der Waals surface area contributed by atoms with Crippen molar-refractivity contribution >= 4 is 17.5 Å². The highest BCUT2D eigenvalue weighted by Crippen LogP contribution is 2.15. The van der Waals surface area contributed by atoms with Gasteiger partial charge in [0.2, 0.25) is 5.91 Å². The molecule has 0 fully saturated rings. The molecule has 5 nitrogen and oxygen atoms in total. The van der Waals surface area contributed by atoms with Crippen LogP contribution in [0.2, 0.25) is 0 Å². The van der Waals surface area contributed by atoms with Crippen molar-refractivity contribution in [2.75, 3.05) is 11.9 Å². The van der Waals surface area contributed by atoms with Gasteiger partial charge in [0.05, 0.1) is 0 Å². The normalized spacial score (nSPS) is 10.1. The van der Waals surface area contributed by atoms with Crippen LogP contribution in [0.15, 0.2) is 42.5 Å². The van der Waals surface area contributed by atoms with Gasteiger partial charge < -0.3 is 15.8 Å². The van der Waals surface area contributed by atoms with E-state index in [-0.39, 0.29) is 12.5 Å². The molecule has 0 atom stereocenters. The fourth-order valence-electron chi connectivity index (χ4n) is 1.88. The Labute approximate surface area is 129 Å². The Kier molecular flexibility index (Phi) is 4.78. The van der Waals surface area contributed by atoms with Gasteiger partial charge in [0.1, 0.15) is 5.75 Å². The number of carbonyl (C=O) groups is 2. The number of hydrogen-bond acceptors (Lipinski definition) is 3. The van der Waals surface area contributed by atoms with E-state index in [1.54, 1.807) is 24.3 Å². The lowest BCUT2D eigenvalue weighted by molar-refractivity contribution is -0.118. The third-order valence-electron chi connectivity index (χ3n) is 3.30. The molecule has 22 heavy (non-hydrogen) atoms. The predicted octanol–water partition coefficient (Wildman–Crippen LogP) is 2.42. The molecule has 0 heterocycles. The van der Waals surface area contributed by atoms with Gasteiger partial charge in [0, 0.05) is 11.3 Å². The zero-order valence-corrected chi connectivity index (χ0v) is 12.6. The van der Waals surface area contributed by atoms with Gasteiger partial charge in [-0.25, -0.2) is 0 Å². The Bertz CT molecular complexity index is 694. The number of anilines is 1. The molecule has 5 heteroatoms. The molecule has 0 aliphatic carbocycles. The summed E-state index contributed by atoms with van der Waals surface area (Å²) in [5.74, 6) is -0.249. The van der Waals surface area contributed by atoms with Crippen molar-refractivity contribution in [3.05, 3.63) is 59.2 Å². The van der Waals surface area contributed by atoms with Crippen molar-refractivity contribution in [1.29, 1.82) is 0 Å². The maximum atomic E-state index is 11.8. The zero-order chi connectivity index (χ0) is 16.1. The van der Waals surface area contributed by atoms with Crippen molar-refractivity contribution in [1.82, 2.24) is 0 Å². The molecule has 0 radical (unpaired) electrons. The SMILES string of the molecule is Cc1ccc(NC(=O)COc2ccc(C(N)=O)cc2)cc1C. The second-order valence-electron chi connectivity index (χ2n) is 5.02. The fraction of sp³-hybridized carbons (Fsp3) is 0.176. The highest BCUT2D eigenvalue weighted by atomic mass is 16.5. The molecule has 2 rings (SSSR count). The van der Waals surface area contributed by atoms with Crippen molar-refractivity contribution in [2.45, 2.75) is 13.8 Å². The number of carbonyl (C=O) groups excluding carboxylic acids is 2. The van der Waals surface area contributed by atoms with Gasteiger partial charge >= 0.3 is 0 Å². The van der Waals surface area contributed by atoms with Gasteiger partial charge in [0.15, 0.2) is 6.61 Å². The number of benzene rings is 2. The van der Waals surface area contributed by atoms with Crippen LogP contribution in [-0.2, 0) is 4.79 Å². The van der Waals surface area contributed by atoms with Gasteiger partial charge in [0.25, 0.3) is 5.91 Å². The zero-order valence-electron chi connectivity index (χ0n) is 12.6. The first-order valence-electron chi connectivity index (χ1n) is 6.85. The van der Waals surface area contributed by atoms with Gasteiger partial charge in [-0.15, -0.1) is 0 Å². The molecule has 114 valence electrons. The van der Waals surface area contributed by atoms with E-state index in [4.69, 9.17) is 10.5 Å². The number of nitrogens with two attached hydrogens (primary N) is 1. The molecule has 2 aromatic carbocycles. The summed E-state index contributed by atoms with van der Waals surface area (Å²) in [5.41, 5.74) is 8.56. The maximum absolute atomic E-state index is 11.8. The number of ether oxygens (including phenoxy) is 1. The van der Waals surface area contributed by atoms with Crippen molar-refractivity contribution in [3.8, 4) is 5.75 Å². The number of amides is 2. The lowest BCUT2D eigenvalue weighted by atomic mass is 10.1. The van der Waals surface area contributed by atoms with Crippen molar-refractivity contribution in [2.24, 2.45) is 5.73 Å². The second-order valence-corrected chi connectivity index (χ2v) is 5.02. The monoisotopic (exact) mass is 298 g/mol. The summed E-state index contributed by atoms with van der Waals surface area (Å²) in [6.07, 6.45) is 0. The van der Waals surface area contributed by atoms with E-state index in [1.165, 1.54) is 5.56 Å². The quantitative estimate of drug-likeness (QED) is 0.889. The van der Waals surface area contributed by atoms with Crippen LogP contribution in [0.25, 0.3) is 0 Å². The van der Waals surface area contributed by atoms with Crippen LogP contribution in [0.1, 0.15) is 21.5 Å². The molecule has 0 spiro atoms. The Morgan fingerprint density at radius 3 is 2.32 bits per heavy atom. The number of primary amides is 1. The third-order valence-corrected chi connectivity index (χ3v) is 3.30. The number of hydrogen-bond donors (Lipinski definition) is 2. The lowest BCUT2D eigenvalue weighted by Gasteiger charge is -2.09. The summed E-state index contributed by atoms with van der Waals surface area (Å²) in [4.78, 5) is 22.8. The minimum Gasteiger partial charge on any atom is -0.484 e. The number of aryl methyl sites for hydroxylation is 2. The van der Waals surface area contributed by atoms with Crippen molar-refractivity contribution in [3.63, 3.8) is 0 Å². The minimum atomic E-state index is -0.501. The van der Waals surface area contributed by atoms with Crippen LogP contribution in [-0.4, -0.2) is 18.4 Å². The molecular weight excluding hydrogens is 280 g/mol. The summed E-state index contributed by atoms with van der Waals surface area (Å²) in [5, 5.41) is 2.77. The van der Waals surface area contributed by atoms with Crippen LogP contribution in [0.5, 0.6) is 5.75 Å². The topological polar surface area (TPSA) is 81.4 Å². The molecule has 0 aliphatic heterocycles. The van der Waals surface area contributed by atoms with E-state index < -0.39 is 5.91 Å². The van der Waals surface area contributed by atoms with Gasteiger partial charge in [-0.3, -0.25) is 9.59 Å². The number of rotatable bonds is 5. The molecule has 0 bridgehead atoms. The first-order chi connectivity index (χ1) is 10.5. The first-order valence-corrected chi connectivity index (χ1v) is 6.85. The highest BCUT2D eigenvalue weighted by molar-refractivity contribution is 5.93. The van der Waals surface area contributed by atoms with E-state index >= 15 is 0 Å². The summed E-state index contributed by atoms with van der Waals surface area (Å²) >= 11 is 0. The molecule has 0 aromatic heterocycles. The lowest BCUT2D eigenvalue weighted by Crippen LogP contribution is -2.20. The molecule has 2 aromatic rings. The van der Waals surface area contributed by atoms with Crippen LogP contribution in [0.3, 0.4) is 0 Å². The van der Waals surface area contributed by atoms with E-state index in [9.17, 15) is 9.59 Å². The molecule has 3 N–H and O–H groups in total. The van der Waals surface area contributed by atoms with Gasteiger partial charge in [-0.2, -0.15) is 0 Å². The largest absolute Gasteiger partial charge is 0.484 e. The predicted molar refractivity (Wildman–Crippen MR) is 85.0 cm³/mol. The smallest absolute Gasteiger partial charge is 0.262 e. The standard InChI is InChI=1S/C17H18N2O3/c1-11-3-6-14(9-12(11)2)19-16(20)10-22-15-7-4-13(5-8-15)17(18)21/h3-9H,10H2,1-2H3,(H2,18,21)(H,19,20). The molecule has 2 amide bonds. The van der Waals surface area contributed by atoms with E-state index in [0.29, 0.717) is 11.3 Å². The summed E-state index contributed by atoms with van der Waals surface area (Å²) < 4.78 is 5.36. The fourth-order valence-corrected chi connectivity index (χ4v) is 1.88. The second kappa shape index (κ2) is 6.76. The Hall–Kier alpha value is -2.82. The Balaban J connectivity index is 1.89. The van der Waals surface area contributed by atoms with E-state index in [2.05, 4.69) is 5.32 Å². The molecule has 0 saturated heterocycles. The highest BCUT2D eigenvalue weighted by Gasteiger charge is 2.05. The molecule has 0 saturated carbocycles. The molecule has 0 unspecified atom stereocenters. The van der Waals surface area contributed by atoms with Crippen LogP contribution >= 0.6 is 0 Å². The Morgan fingerprint density at radius 2 is 1.73 bits per heavy atom. The Morgan fingerprint density at radius 1 is 1.05 bits per heavy atom. The number of nitrogens with one attached hydrogen (secondary N) is 1. The minimum absolute atomic E-state index is 0.108. The molecular formula is C17H18N2O3. The third kappa shape index (κ3) is 4.09. The van der Waals surface area contributed by atoms with E-state index in [1.807, 2.05) is 32.0 Å². The van der Waals surface area contributed by atoms with Crippen LogP contribution in [0.4, 0.5) is 5.69 Å². The summed E-state index contributed by atoms with van der Waals surface area (Å²) in [6, 6.07) is 12.0. The van der Waals surface area contributed by atoms with Crippen LogP contribution < -0.4 is 15.8 Å². The van der Waals surface area contributed by atoms with Gasteiger partial charge in [-0.1, -0.05) is 6.07 Å². The molecule has 0 aliphatic rings. The average Bonchev–Trinajstić information content (AvgIpc) is 2.49. The average molecular weight is 298 g/mol. The maximum Gasteiger partial charge on any atom is 0.262 e. The van der Waals surface area contributed by atoms with Crippen molar-refractivity contribution < 1.29 is 14.3 Å². The van der Waals surface area contributed by atoms with Crippen LogP contribution in [0, 0.1) is 13.8 Å². The summed E-state index contributed by atoms with van der Waals surface area (Å²) in [6.45, 7) is 3.89.